The van der Waals surface area contributed by atoms with E-state index >= 15 is 0 Å². The molecule has 3 aromatic carbocycles. The summed E-state index contributed by atoms with van der Waals surface area (Å²) in [6, 6.07) is 15.7. The zero-order valence-corrected chi connectivity index (χ0v) is 17.4. The Balaban J connectivity index is 1.75. The molecular formula is C21H18ClFN2O4S. The first-order valence-electron chi connectivity index (χ1n) is 8.90. The molecule has 156 valence electrons. The number of carbonyl (C=O) groups is 1. The van der Waals surface area contributed by atoms with Crippen molar-refractivity contribution in [1.29, 1.82) is 0 Å². The normalized spacial score (nSPS) is 11.0. The minimum atomic E-state index is -4.02. The van der Waals surface area contributed by atoms with Crippen LogP contribution in [0.5, 0.6) is 5.75 Å². The fourth-order valence-corrected chi connectivity index (χ4v) is 3.85. The van der Waals surface area contributed by atoms with Crippen LogP contribution in [0.3, 0.4) is 0 Å². The predicted octanol–water partition coefficient (Wildman–Crippen LogP) is 4.93. The van der Waals surface area contributed by atoms with E-state index in [0.717, 1.165) is 6.07 Å². The Morgan fingerprint density at radius 1 is 1.07 bits per heavy atom. The number of anilines is 2. The van der Waals surface area contributed by atoms with Crippen molar-refractivity contribution in [2.75, 3.05) is 16.6 Å². The first kappa shape index (κ1) is 21.6. The molecule has 2 N–H and O–H groups in total. The van der Waals surface area contributed by atoms with Crippen LogP contribution in [-0.4, -0.2) is 20.9 Å². The molecule has 0 radical (unpaired) electrons. The van der Waals surface area contributed by atoms with Gasteiger partial charge in [0, 0.05) is 16.3 Å². The Bertz CT molecular complexity index is 1170. The molecule has 0 aliphatic rings. The molecule has 0 fully saturated rings. The van der Waals surface area contributed by atoms with E-state index in [2.05, 4.69) is 10.0 Å². The van der Waals surface area contributed by atoms with E-state index in [9.17, 15) is 17.6 Å². The van der Waals surface area contributed by atoms with Gasteiger partial charge in [-0.1, -0.05) is 17.7 Å². The fraction of sp³-hybridized carbons (Fsp3) is 0.0952. The number of hydrogen-bond donors (Lipinski definition) is 2. The number of ether oxygens (including phenoxy) is 1. The maximum atomic E-state index is 14.5. The van der Waals surface area contributed by atoms with Gasteiger partial charge in [-0.3, -0.25) is 9.52 Å². The standard InChI is InChI=1S/C21H18ClFN2O4S/c1-2-29-17-8-6-16(7-9-17)25-30(27,28)18-10-11-20(19(23)13-18)24-21(26)14-4-3-5-15(22)12-14/h3-13,25H,2H2,1H3,(H,24,26). The van der Waals surface area contributed by atoms with Crippen LogP contribution >= 0.6 is 11.6 Å². The van der Waals surface area contributed by atoms with E-state index in [-0.39, 0.29) is 16.1 Å². The summed E-state index contributed by atoms with van der Waals surface area (Å²) in [6.45, 7) is 2.33. The van der Waals surface area contributed by atoms with Gasteiger partial charge in [0.25, 0.3) is 15.9 Å². The Morgan fingerprint density at radius 3 is 2.43 bits per heavy atom. The predicted molar refractivity (Wildman–Crippen MR) is 114 cm³/mol. The molecule has 0 unspecified atom stereocenters. The molecule has 6 nitrogen and oxygen atoms in total. The van der Waals surface area contributed by atoms with Gasteiger partial charge in [-0.05, 0) is 67.6 Å². The van der Waals surface area contributed by atoms with Gasteiger partial charge in [0.15, 0.2) is 0 Å². The molecule has 0 aliphatic carbocycles. The summed E-state index contributed by atoms with van der Waals surface area (Å²) in [7, 11) is -4.02. The van der Waals surface area contributed by atoms with Crippen molar-refractivity contribution in [3.05, 3.63) is 83.1 Å². The SMILES string of the molecule is CCOc1ccc(NS(=O)(=O)c2ccc(NC(=O)c3cccc(Cl)c3)c(F)c2)cc1. The van der Waals surface area contributed by atoms with Crippen LogP contribution < -0.4 is 14.8 Å². The average Bonchev–Trinajstić information content (AvgIpc) is 2.71. The molecule has 0 saturated carbocycles. The van der Waals surface area contributed by atoms with Crippen molar-refractivity contribution in [2.45, 2.75) is 11.8 Å². The molecule has 0 saturated heterocycles. The third-order valence-electron chi connectivity index (χ3n) is 4.00. The van der Waals surface area contributed by atoms with Crippen molar-refractivity contribution < 1.29 is 22.3 Å². The second-order valence-electron chi connectivity index (χ2n) is 6.17. The number of benzene rings is 3. The lowest BCUT2D eigenvalue weighted by Gasteiger charge is -2.11. The third kappa shape index (κ3) is 5.28. The summed E-state index contributed by atoms with van der Waals surface area (Å²) in [5.41, 5.74) is 0.396. The molecule has 0 spiro atoms. The van der Waals surface area contributed by atoms with E-state index < -0.39 is 21.7 Å². The second kappa shape index (κ2) is 9.15. The Kier molecular flexibility index (Phi) is 6.59. The number of halogens is 2. The molecular weight excluding hydrogens is 431 g/mol. The summed E-state index contributed by atoms with van der Waals surface area (Å²) in [5.74, 6) is -0.856. The van der Waals surface area contributed by atoms with Gasteiger partial charge in [-0.25, -0.2) is 12.8 Å². The Labute approximate surface area is 178 Å². The second-order valence-corrected chi connectivity index (χ2v) is 8.29. The molecule has 0 aliphatic heterocycles. The monoisotopic (exact) mass is 448 g/mol. The Hall–Kier alpha value is -3.10. The van der Waals surface area contributed by atoms with Gasteiger partial charge in [-0.15, -0.1) is 0 Å². The van der Waals surface area contributed by atoms with Crippen molar-refractivity contribution in [2.24, 2.45) is 0 Å². The summed E-state index contributed by atoms with van der Waals surface area (Å²) in [5, 5.41) is 2.76. The first-order valence-corrected chi connectivity index (χ1v) is 10.8. The van der Waals surface area contributed by atoms with Gasteiger partial charge in [0.1, 0.15) is 11.6 Å². The third-order valence-corrected chi connectivity index (χ3v) is 5.62. The topological polar surface area (TPSA) is 84.5 Å². The number of nitrogens with one attached hydrogen (secondary N) is 2. The highest BCUT2D eigenvalue weighted by atomic mass is 35.5. The van der Waals surface area contributed by atoms with Crippen LogP contribution in [0.15, 0.2) is 71.6 Å². The zero-order chi connectivity index (χ0) is 21.7. The summed E-state index contributed by atoms with van der Waals surface area (Å²) in [6.07, 6.45) is 0. The molecule has 3 rings (SSSR count). The van der Waals surface area contributed by atoms with E-state index in [1.54, 1.807) is 36.4 Å². The minimum absolute atomic E-state index is 0.153. The van der Waals surface area contributed by atoms with E-state index in [4.69, 9.17) is 16.3 Å². The largest absolute Gasteiger partial charge is 0.494 e. The summed E-state index contributed by atoms with van der Waals surface area (Å²) >= 11 is 5.85. The van der Waals surface area contributed by atoms with Crippen molar-refractivity contribution in [3.63, 3.8) is 0 Å². The number of hydrogen-bond acceptors (Lipinski definition) is 4. The van der Waals surface area contributed by atoms with Gasteiger partial charge in [-0.2, -0.15) is 0 Å². The van der Waals surface area contributed by atoms with Crippen LogP contribution in [0.4, 0.5) is 15.8 Å². The molecule has 0 atom stereocenters. The number of rotatable bonds is 7. The lowest BCUT2D eigenvalue weighted by molar-refractivity contribution is 0.102. The lowest BCUT2D eigenvalue weighted by atomic mass is 10.2. The highest BCUT2D eigenvalue weighted by Gasteiger charge is 2.18. The highest BCUT2D eigenvalue weighted by Crippen LogP contribution is 2.23. The lowest BCUT2D eigenvalue weighted by Crippen LogP contribution is -2.15. The van der Waals surface area contributed by atoms with Crippen LogP contribution in [0, 0.1) is 5.82 Å². The molecule has 0 aromatic heterocycles. The van der Waals surface area contributed by atoms with Crippen molar-refractivity contribution >= 4 is 38.9 Å². The molecule has 0 bridgehead atoms. The Morgan fingerprint density at radius 2 is 1.80 bits per heavy atom. The summed E-state index contributed by atoms with van der Waals surface area (Å²) < 4.78 is 47.2. The average molecular weight is 449 g/mol. The molecule has 0 heterocycles. The van der Waals surface area contributed by atoms with Crippen LogP contribution in [0.2, 0.25) is 5.02 Å². The van der Waals surface area contributed by atoms with Crippen molar-refractivity contribution in [1.82, 2.24) is 0 Å². The van der Waals surface area contributed by atoms with E-state index in [0.29, 0.717) is 23.1 Å². The summed E-state index contributed by atoms with van der Waals surface area (Å²) in [4.78, 5) is 12.0. The van der Waals surface area contributed by atoms with E-state index in [1.807, 2.05) is 6.92 Å². The number of carbonyl (C=O) groups excluding carboxylic acids is 1. The van der Waals surface area contributed by atoms with Gasteiger partial charge < -0.3 is 10.1 Å². The van der Waals surface area contributed by atoms with Crippen LogP contribution in [0.1, 0.15) is 17.3 Å². The molecule has 9 heteroatoms. The quantitative estimate of drug-likeness (QED) is 0.536. The van der Waals surface area contributed by atoms with E-state index in [1.165, 1.54) is 24.3 Å². The van der Waals surface area contributed by atoms with Crippen molar-refractivity contribution in [3.8, 4) is 5.75 Å². The first-order chi connectivity index (χ1) is 14.3. The zero-order valence-electron chi connectivity index (χ0n) is 15.9. The molecule has 3 aromatic rings. The maximum Gasteiger partial charge on any atom is 0.261 e. The van der Waals surface area contributed by atoms with Gasteiger partial charge in [0.2, 0.25) is 0 Å². The molecule has 30 heavy (non-hydrogen) atoms. The van der Waals surface area contributed by atoms with Crippen LogP contribution in [0.25, 0.3) is 0 Å². The molecule has 1 amide bonds. The number of sulfonamides is 1. The van der Waals surface area contributed by atoms with Gasteiger partial charge in [0.05, 0.1) is 17.2 Å². The highest BCUT2D eigenvalue weighted by molar-refractivity contribution is 7.92. The fourth-order valence-electron chi connectivity index (χ4n) is 2.59. The van der Waals surface area contributed by atoms with Crippen LogP contribution in [-0.2, 0) is 10.0 Å². The van der Waals surface area contributed by atoms with Gasteiger partial charge >= 0.3 is 0 Å². The number of amides is 1. The smallest absolute Gasteiger partial charge is 0.261 e. The minimum Gasteiger partial charge on any atom is -0.494 e. The maximum absolute atomic E-state index is 14.5.